The van der Waals surface area contributed by atoms with Gasteiger partial charge < -0.3 is 19.1 Å². The predicted molar refractivity (Wildman–Crippen MR) is 86.5 cm³/mol. The Balaban J connectivity index is 1.89. The number of carboxylic acid groups (broad SMARTS) is 1. The van der Waals surface area contributed by atoms with Gasteiger partial charge in [0.2, 0.25) is 0 Å². The van der Waals surface area contributed by atoms with E-state index in [4.69, 9.17) is 9.15 Å². The third-order valence-electron chi connectivity index (χ3n) is 3.68. The fraction of sp³-hybridized carbons (Fsp3) is 0.111. The van der Waals surface area contributed by atoms with Gasteiger partial charge in [0, 0.05) is 6.08 Å². The summed E-state index contributed by atoms with van der Waals surface area (Å²) >= 11 is 0. The van der Waals surface area contributed by atoms with Crippen LogP contribution in [0.3, 0.4) is 0 Å². The normalized spacial score (nSPS) is 16.6. The number of hydrogen-bond acceptors (Lipinski definition) is 6. The number of benzene rings is 1. The summed E-state index contributed by atoms with van der Waals surface area (Å²) in [5, 5.41) is 11.8. The van der Waals surface area contributed by atoms with Crippen LogP contribution >= 0.6 is 0 Å². The van der Waals surface area contributed by atoms with Crippen molar-refractivity contribution in [2.75, 3.05) is 7.11 Å². The fourth-order valence-electron chi connectivity index (χ4n) is 2.48. The largest absolute Gasteiger partial charge is 0.545 e. The summed E-state index contributed by atoms with van der Waals surface area (Å²) in [6, 6.07) is 10.3. The van der Waals surface area contributed by atoms with Crippen LogP contribution in [-0.2, 0) is 9.59 Å². The van der Waals surface area contributed by atoms with E-state index in [1.807, 2.05) is 18.2 Å². The predicted octanol–water partition coefficient (Wildman–Crippen LogP) is 1.02. The Morgan fingerprint density at radius 3 is 2.60 bits per heavy atom. The molecule has 3 rings (SSSR count). The minimum Gasteiger partial charge on any atom is -0.545 e. The maximum Gasteiger partial charge on any atom is 0.265 e. The second-order valence-electron chi connectivity index (χ2n) is 5.24. The van der Waals surface area contributed by atoms with Crippen LogP contribution < -0.4 is 15.3 Å². The second-order valence-corrected chi connectivity index (χ2v) is 5.24. The number of rotatable bonds is 5. The molecule has 0 saturated carbocycles. The second kappa shape index (κ2) is 6.96. The number of furan rings is 1. The van der Waals surface area contributed by atoms with Crippen LogP contribution in [0.1, 0.15) is 17.4 Å². The third-order valence-corrected chi connectivity index (χ3v) is 3.68. The average molecular weight is 339 g/mol. The van der Waals surface area contributed by atoms with E-state index in [2.05, 4.69) is 5.43 Å². The quantitative estimate of drug-likeness (QED) is 0.818. The number of amides is 1. The maximum absolute atomic E-state index is 12.3. The lowest BCUT2D eigenvalue weighted by molar-refractivity contribution is -0.297. The van der Waals surface area contributed by atoms with Gasteiger partial charge in [-0.25, -0.2) is 5.01 Å². The first kappa shape index (κ1) is 16.4. The number of methoxy groups -OCH3 is 1. The molecule has 25 heavy (non-hydrogen) atoms. The molecule has 0 saturated heterocycles. The van der Waals surface area contributed by atoms with E-state index in [1.165, 1.54) is 11.3 Å². The molecule has 1 amide bonds. The topological polar surface area (TPSA) is 94.8 Å². The van der Waals surface area contributed by atoms with Gasteiger partial charge >= 0.3 is 0 Å². The summed E-state index contributed by atoms with van der Waals surface area (Å²) in [4.78, 5) is 22.9. The number of aliphatic carboxylic acids is 1. The smallest absolute Gasteiger partial charge is 0.265 e. The van der Waals surface area contributed by atoms with Gasteiger partial charge in [-0.3, -0.25) is 10.2 Å². The van der Waals surface area contributed by atoms with Crippen molar-refractivity contribution in [1.82, 2.24) is 10.4 Å². The highest BCUT2D eigenvalue weighted by atomic mass is 16.5. The molecule has 0 fully saturated rings. The van der Waals surface area contributed by atoms with E-state index in [-0.39, 0.29) is 0 Å². The number of carboxylic acids is 1. The van der Waals surface area contributed by atoms with Gasteiger partial charge in [-0.05, 0) is 54.1 Å². The number of carbonyl (C=O) groups excluding carboxylic acids is 2. The number of carbonyl (C=O) groups is 2. The van der Waals surface area contributed by atoms with Gasteiger partial charge in [-0.2, -0.15) is 0 Å². The summed E-state index contributed by atoms with van der Waals surface area (Å²) in [5.41, 5.74) is 4.52. The van der Waals surface area contributed by atoms with E-state index >= 15 is 0 Å². The zero-order valence-corrected chi connectivity index (χ0v) is 13.3. The zero-order valence-electron chi connectivity index (χ0n) is 13.3. The van der Waals surface area contributed by atoms with Crippen LogP contribution in [0.25, 0.3) is 5.70 Å². The molecule has 0 spiro atoms. The molecule has 1 aromatic heterocycles. The van der Waals surface area contributed by atoms with Crippen LogP contribution in [0.15, 0.2) is 65.3 Å². The summed E-state index contributed by atoms with van der Waals surface area (Å²) in [6.07, 6.45) is 4.96. The Labute approximate surface area is 143 Å². The molecular weight excluding hydrogens is 324 g/mol. The van der Waals surface area contributed by atoms with Crippen LogP contribution in [0.2, 0.25) is 0 Å². The molecule has 1 aromatic carbocycles. The molecule has 1 N–H and O–H groups in total. The van der Waals surface area contributed by atoms with E-state index in [1.54, 1.807) is 31.4 Å². The Kier molecular flexibility index (Phi) is 4.56. The molecule has 0 radical (unpaired) electrons. The first-order valence-corrected chi connectivity index (χ1v) is 7.47. The lowest BCUT2D eigenvalue weighted by atomic mass is 10.1. The zero-order chi connectivity index (χ0) is 17.8. The number of hydrazine groups is 1. The molecule has 0 unspecified atom stereocenters. The van der Waals surface area contributed by atoms with Gasteiger partial charge in [-0.15, -0.1) is 0 Å². The van der Waals surface area contributed by atoms with Crippen molar-refractivity contribution in [2.45, 2.75) is 6.04 Å². The monoisotopic (exact) mass is 339 g/mol. The van der Waals surface area contributed by atoms with E-state index in [0.29, 0.717) is 17.5 Å². The van der Waals surface area contributed by atoms with Gasteiger partial charge in [0.1, 0.15) is 17.6 Å². The van der Waals surface area contributed by atoms with E-state index in [9.17, 15) is 14.7 Å². The molecular formula is C18H15N2O5-. The average Bonchev–Trinajstić information content (AvgIpc) is 3.29. The number of ether oxygens (including phenoxy) is 1. The van der Waals surface area contributed by atoms with Crippen LogP contribution in [0, 0.1) is 0 Å². The number of nitrogens with one attached hydrogen (secondary N) is 1. The van der Waals surface area contributed by atoms with Crippen molar-refractivity contribution in [3.05, 3.63) is 72.2 Å². The minimum absolute atomic E-state index is 0.508. The highest BCUT2D eigenvalue weighted by Crippen LogP contribution is 2.32. The highest BCUT2D eigenvalue weighted by Gasteiger charge is 2.31. The van der Waals surface area contributed by atoms with Gasteiger partial charge in [0.15, 0.2) is 0 Å². The molecule has 1 aliphatic rings. The van der Waals surface area contributed by atoms with Crippen LogP contribution in [0.5, 0.6) is 5.75 Å². The summed E-state index contributed by atoms with van der Waals surface area (Å²) in [5.74, 6) is -0.711. The molecule has 1 aliphatic heterocycles. The fourth-order valence-corrected chi connectivity index (χ4v) is 2.48. The Bertz CT molecular complexity index is 822. The molecule has 7 nitrogen and oxygen atoms in total. The standard InChI is InChI=1S/C18H16N2O5/c1-24-13-6-4-12(5-7-13)14-11-15(16-3-2-10-25-16)20(19-14)17(21)8-9-18(22)23/h2-11,15,19H,1H3,(H,22,23)/p-1/t15-/m0/s1. The summed E-state index contributed by atoms with van der Waals surface area (Å²) in [7, 11) is 1.58. The number of nitrogens with zero attached hydrogens (tertiary/aromatic N) is 1. The minimum atomic E-state index is -1.44. The van der Waals surface area contributed by atoms with Crippen molar-refractivity contribution in [2.24, 2.45) is 0 Å². The Morgan fingerprint density at radius 1 is 1.24 bits per heavy atom. The van der Waals surface area contributed by atoms with E-state index < -0.39 is 17.9 Å². The van der Waals surface area contributed by atoms with Crippen molar-refractivity contribution >= 4 is 17.6 Å². The molecule has 0 bridgehead atoms. The van der Waals surface area contributed by atoms with Crippen molar-refractivity contribution in [1.29, 1.82) is 0 Å². The molecule has 128 valence electrons. The number of hydrogen-bond donors (Lipinski definition) is 1. The lowest BCUT2D eigenvalue weighted by Gasteiger charge is -2.22. The summed E-state index contributed by atoms with van der Waals surface area (Å²) in [6.45, 7) is 0. The molecule has 2 aromatic rings. The third kappa shape index (κ3) is 3.55. The van der Waals surface area contributed by atoms with Crippen molar-refractivity contribution in [3.63, 3.8) is 0 Å². The van der Waals surface area contributed by atoms with Gasteiger partial charge in [-0.1, -0.05) is 0 Å². The Hall–Kier alpha value is -3.48. The van der Waals surface area contributed by atoms with Gasteiger partial charge in [0.05, 0.1) is 25.0 Å². The highest BCUT2D eigenvalue weighted by molar-refractivity contribution is 5.94. The van der Waals surface area contributed by atoms with Crippen LogP contribution in [0.4, 0.5) is 0 Å². The molecule has 0 aliphatic carbocycles. The van der Waals surface area contributed by atoms with E-state index in [0.717, 1.165) is 17.4 Å². The Morgan fingerprint density at radius 2 is 2.00 bits per heavy atom. The van der Waals surface area contributed by atoms with Gasteiger partial charge in [0.25, 0.3) is 5.91 Å². The first-order valence-electron chi connectivity index (χ1n) is 7.47. The maximum atomic E-state index is 12.3. The van der Waals surface area contributed by atoms with Crippen molar-refractivity contribution in [3.8, 4) is 5.75 Å². The summed E-state index contributed by atoms with van der Waals surface area (Å²) < 4.78 is 10.5. The van der Waals surface area contributed by atoms with Crippen LogP contribution in [-0.4, -0.2) is 24.0 Å². The molecule has 1 atom stereocenters. The first-order chi connectivity index (χ1) is 12.1. The van der Waals surface area contributed by atoms with Crippen molar-refractivity contribution < 1.29 is 23.8 Å². The SMILES string of the molecule is COc1ccc(C2=C[C@@H](c3ccco3)N(C(=O)C=CC(=O)[O-])N2)cc1. The molecule has 2 heterocycles. The lowest BCUT2D eigenvalue weighted by Crippen LogP contribution is -2.38. The molecule has 7 heteroatoms.